The molecule has 0 saturated carbocycles. The molecule has 27 heavy (non-hydrogen) atoms. The second-order valence-electron chi connectivity index (χ2n) is 7.38. The molecule has 1 aromatic carbocycles. The van der Waals surface area contributed by atoms with Gasteiger partial charge in [-0.15, -0.1) is 0 Å². The molecule has 2 aromatic rings. The summed E-state index contributed by atoms with van der Waals surface area (Å²) in [6.45, 7) is 5.46. The fraction of sp³-hybridized carbons (Fsp3) is 0.474. The summed E-state index contributed by atoms with van der Waals surface area (Å²) in [4.78, 5) is 19.7. The third-order valence-corrected chi connectivity index (χ3v) is 6.66. The SMILES string of the molecule is Cc1nc(N2C[C@H]3COCC[C@@]3(CN)C2)cc(=O)n1-c1cccc(Cl)c1Cl. The molecule has 0 bridgehead atoms. The lowest BCUT2D eigenvalue weighted by molar-refractivity contribution is -0.0102. The zero-order chi connectivity index (χ0) is 19.2. The smallest absolute Gasteiger partial charge is 0.260 e. The maximum Gasteiger partial charge on any atom is 0.260 e. The van der Waals surface area contributed by atoms with Crippen molar-refractivity contribution in [3.63, 3.8) is 0 Å². The van der Waals surface area contributed by atoms with Crippen molar-refractivity contribution in [3.8, 4) is 5.69 Å². The van der Waals surface area contributed by atoms with Crippen LogP contribution < -0.4 is 16.2 Å². The fourth-order valence-electron chi connectivity index (χ4n) is 4.26. The standard InChI is InChI=1S/C19H22Cl2N4O2/c1-12-23-16(24-8-13-9-27-6-5-19(13,10-22)11-24)7-17(26)25(12)15-4-2-3-14(20)18(15)21/h2-4,7,13H,5-6,8-11,22H2,1H3/t13-,19+/m0/s1. The Bertz CT molecular complexity index is 932. The number of hydrogen-bond acceptors (Lipinski definition) is 5. The first kappa shape index (κ1) is 18.7. The van der Waals surface area contributed by atoms with Gasteiger partial charge in [0.15, 0.2) is 0 Å². The van der Waals surface area contributed by atoms with Crippen LogP contribution in [-0.4, -0.2) is 42.4 Å². The summed E-state index contributed by atoms with van der Waals surface area (Å²) in [5.41, 5.74) is 6.50. The van der Waals surface area contributed by atoms with Gasteiger partial charge in [0.1, 0.15) is 11.6 Å². The van der Waals surface area contributed by atoms with Crippen LogP contribution in [0.3, 0.4) is 0 Å². The third kappa shape index (κ3) is 3.14. The minimum Gasteiger partial charge on any atom is -0.381 e. The molecule has 0 radical (unpaired) electrons. The quantitative estimate of drug-likeness (QED) is 0.844. The number of halogens is 2. The van der Waals surface area contributed by atoms with Gasteiger partial charge in [-0.25, -0.2) is 4.98 Å². The normalized spacial score (nSPS) is 24.9. The maximum absolute atomic E-state index is 12.9. The van der Waals surface area contributed by atoms with Gasteiger partial charge in [-0.3, -0.25) is 9.36 Å². The van der Waals surface area contributed by atoms with Crippen molar-refractivity contribution >= 4 is 29.0 Å². The summed E-state index contributed by atoms with van der Waals surface area (Å²) in [5, 5.41) is 0.739. The van der Waals surface area contributed by atoms with Crippen LogP contribution in [0.4, 0.5) is 5.82 Å². The molecule has 2 atom stereocenters. The van der Waals surface area contributed by atoms with Crippen LogP contribution in [-0.2, 0) is 4.74 Å². The summed E-state index contributed by atoms with van der Waals surface area (Å²) in [5.74, 6) is 1.60. The Morgan fingerprint density at radius 1 is 1.41 bits per heavy atom. The molecule has 0 aliphatic carbocycles. The van der Waals surface area contributed by atoms with E-state index in [2.05, 4.69) is 4.90 Å². The maximum atomic E-state index is 12.9. The molecule has 2 saturated heterocycles. The largest absolute Gasteiger partial charge is 0.381 e. The highest BCUT2D eigenvalue weighted by Crippen LogP contribution is 2.42. The average molecular weight is 409 g/mol. The molecule has 2 aliphatic heterocycles. The Kier molecular flexibility index (Phi) is 4.93. The van der Waals surface area contributed by atoms with E-state index in [1.807, 2.05) is 0 Å². The first-order valence-electron chi connectivity index (χ1n) is 9.03. The Hall–Kier alpha value is -1.60. The molecule has 144 valence electrons. The van der Waals surface area contributed by atoms with Gasteiger partial charge in [0.05, 0.1) is 22.3 Å². The van der Waals surface area contributed by atoms with Crippen LogP contribution >= 0.6 is 23.2 Å². The molecule has 0 spiro atoms. The Morgan fingerprint density at radius 3 is 2.93 bits per heavy atom. The summed E-state index contributed by atoms with van der Waals surface area (Å²) >= 11 is 12.4. The van der Waals surface area contributed by atoms with Crippen LogP contribution in [0.5, 0.6) is 0 Å². The van der Waals surface area contributed by atoms with E-state index in [9.17, 15) is 4.79 Å². The number of hydrogen-bond donors (Lipinski definition) is 1. The van der Waals surface area contributed by atoms with Crippen molar-refractivity contribution in [2.75, 3.05) is 37.7 Å². The lowest BCUT2D eigenvalue weighted by atomic mass is 9.74. The Labute approximate surface area is 167 Å². The number of anilines is 1. The number of nitrogens with two attached hydrogens (primary N) is 1. The van der Waals surface area contributed by atoms with Gasteiger partial charge in [-0.2, -0.15) is 0 Å². The van der Waals surface area contributed by atoms with Gasteiger partial charge in [-0.1, -0.05) is 29.3 Å². The highest BCUT2D eigenvalue weighted by atomic mass is 35.5. The topological polar surface area (TPSA) is 73.4 Å². The van der Waals surface area contributed by atoms with E-state index in [0.717, 1.165) is 26.1 Å². The first-order chi connectivity index (χ1) is 12.9. The van der Waals surface area contributed by atoms with E-state index in [4.69, 9.17) is 38.7 Å². The summed E-state index contributed by atoms with van der Waals surface area (Å²) < 4.78 is 7.14. The van der Waals surface area contributed by atoms with E-state index < -0.39 is 0 Å². The Balaban J connectivity index is 1.71. The highest BCUT2D eigenvalue weighted by Gasteiger charge is 2.47. The number of rotatable bonds is 3. The van der Waals surface area contributed by atoms with Gasteiger partial charge < -0.3 is 15.4 Å². The number of aromatic nitrogens is 2. The van der Waals surface area contributed by atoms with Crippen molar-refractivity contribution in [2.45, 2.75) is 13.3 Å². The van der Waals surface area contributed by atoms with E-state index >= 15 is 0 Å². The highest BCUT2D eigenvalue weighted by molar-refractivity contribution is 6.43. The van der Waals surface area contributed by atoms with Gasteiger partial charge >= 0.3 is 0 Å². The molecule has 6 nitrogen and oxygen atoms in total. The molecule has 1 aromatic heterocycles. The zero-order valence-electron chi connectivity index (χ0n) is 15.1. The molecular formula is C19H22Cl2N4O2. The number of aryl methyl sites for hydroxylation is 1. The number of nitrogens with zero attached hydrogens (tertiary/aromatic N) is 3. The third-order valence-electron chi connectivity index (χ3n) is 5.85. The molecule has 8 heteroatoms. The molecule has 2 aliphatic rings. The summed E-state index contributed by atoms with van der Waals surface area (Å²) in [7, 11) is 0. The lowest BCUT2D eigenvalue weighted by Crippen LogP contribution is -2.44. The predicted molar refractivity (Wildman–Crippen MR) is 107 cm³/mol. The number of ether oxygens (including phenoxy) is 1. The average Bonchev–Trinajstić information content (AvgIpc) is 3.05. The van der Waals surface area contributed by atoms with E-state index in [1.165, 1.54) is 4.57 Å². The molecule has 0 amide bonds. The fourth-order valence-corrected chi connectivity index (χ4v) is 4.64. The zero-order valence-corrected chi connectivity index (χ0v) is 16.6. The van der Waals surface area contributed by atoms with E-state index in [1.54, 1.807) is 31.2 Å². The van der Waals surface area contributed by atoms with Crippen LogP contribution in [0.1, 0.15) is 12.2 Å². The van der Waals surface area contributed by atoms with Crippen LogP contribution in [0, 0.1) is 18.3 Å². The molecule has 0 unspecified atom stereocenters. The minimum atomic E-state index is -0.186. The lowest BCUT2D eigenvalue weighted by Gasteiger charge is -2.37. The monoisotopic (exact) mass is 408 g/mol. The van der Waals surface area contributed by atoms with Crippen molar-refractivity contribution in [2.24, 2.45) is 17.1 Å². The van der Waals surface area contributed by atoms with Crippen LogP contribution in [0.2, 0.25) is 10.0 Å². The van der Waals surface area contributed by atoms with Gasteiger partial charge in [0.2, 0.25) is 0 Å². The van der Waals surface area contributed by atoms with Crippen molar-refractivity contribution in [3.05, 3.63) is 50.5 Å². The first-order valence-corrected chi connectivity index (χ1v) is 9.78. The molecule has 2 fully saturated rings. The van der Waals surface area contributed by atoms with Gasteiger partial charge in [0, 0.05) is 43.6 Å². The van der Waals surface area contributed by atoms with E-state index in [-0.39, 0.29) is 11.0 Å². The Morgan fingerprint density at radius 2 is 2.22 bits per heavy atom. The van der Waals surface area contributed by atoms with Crippen molar-refractivity contribution in [1.82, 2.24) is 9.55 Å². The number of benzene rings is 1. The van der Waals surface area contributed by atoms with Crippen LogP contribution in [0.25, 0.3) is 5.69 Å². The van der Waals surface area contributed by atoms with E-state index in [0.29, 0.717) is 46.4 Å². The number of fused-ring (bicyclic) bond motifs is 1. The molecule has 3 heterocycles. The van der Waals surface area contributed by atoms with Gasteiger partial charge in [-0.05, 0) is 25.5 Å². The second kappa shape index (κ2) is 7.09. The minimum absolute atomic E-state index is 0.0406. The van der Waals surface area contributed by atoms with Crippen LogP contribution in [0.15, 0.2) is 29.1 Å². The van der Waals surface area contributed by atoms with Crippen molar-refractivity contribution in [1.29, 1.82) is 0 Å². The second-order valence-corrected chi connectivity index (χ2v) is 8.16. The van der Waals surface area contributed by atoms with Gasteiger partial charge in [0.25, 0.3) is 5.56 Å². The molecule has 4 rings (SSSR count). The summed E-state index contributed by atoms with van der Waals surface area (Å²) in [6.07, 6.45) is 0.943. The van der Waals surface area contributed by atoms with Crippen molar-refractivity contribution < 1.29 is 4.74 Å². The molecule has 2 N–H and O–H groups in total. The summed E-state index contributed by atoms with van der Waals surface area (Å²) in [6, 6.07) is 6.77. The molecular weight excluding hydrogens is 387 g/mol. The predicted octanol–water partition coefficient (Wildman–Crippen LogP) is 2.65.